The summed E-state index contributed by atoms with van der Waals surface area (Å²) >= 11 is 0. The SMILES string of the molecule is CC(=O)Nc1ccc(S(=O)(=O)NCCN2c3ccccc3N(C)S2(=O)=O)cc1. The molecule has 28 heavy (non-hydrogen) atoms. The van der Waals surface area contributed by atoms with E-state index in [1.807, 2.05) is 0 Å². The van der Waals surface area contributed by atoms with E-state index < -0.39 is 20.2 Å². The molecule has 2 aromatic carbocycles. The van der Waals surface area contributed by atoms with Crippen LogP contribution in [-0.4, -0.2) is 42.9 Å². The van der Waals surface area contributed by atoms with Crippen LogP contribution in [0.2, 0.25) is 0 Å². The number of hydrogen-bond acceptors (Lipinski definition) is 5. The molecule has 1 amide bonds. The topological polar surface area (TPSA) is 116 Å². The molecule has 1 aliphatic rings. The summed E-state index contributed by atoms with van der Waals surface area (Å²) in [5, 5.41) is 2.55. The first-order valence-corrected chi connectivity index (χ1v) is 11.2. The Morgan fingerprint density at radius 2 is 1.64 bits per heavy atom. The molecule has 2 N–H and O–H groups in total. The second-order valence-electron chi connectivity index (χ2n) is 6.14. The number of carbonyl (C=O) groups is 1. The molecule has 3 rings (SSSR count). The second kappa shape index (κ2) is 7.41. The van der Waals surface area contributed by atoms with Crippen molar-refractivity contribution in [3.63, 3.8) is 0 Å². The van der Waals surface area contributed by atoms with Gasteiger partial charge in [-0.1, -0.05) is 12.1 Å². The second-order valence-corrected chi connectivity index (χ2v) is 9.79. The van der Waals surface area contributed by atoms with Crippen LogP contribution >= 0.6 is 0 Å². The van der Waals surface area contributed by atoms with Crippen LogP contribution in [0.4, 0.5) is 17.1 Å². The molecule has 11 heteroatoms. The number of carbonyl (C=O) groups excluding carboxylic acids is 1. The van der Waals surface area contributed by atoms with Gasteiger partial charge in [0.1, 0.15) is 0 Å². The molecule has 1 heterocycles. The van der Waals surface area contributed by atoms with Crippen molar-refractivity contribution in [3.05, 3.63) is 48.5 Å². The predicted molar refractivity (Wildman–Crippen MR) is 107 cm³/mol. The largest absolute Gasteiger partial charge is 0.326 e. The Morgan fingerprint density at radius 1 is 1.04 bits per heavy atom. The Morgan fingerprint density at radius 3 is 2.25 bits per heavy atom. The maximum Gasteiger partial charge on any atom is 0.326 e. The van der Waals surface area contributed by atoms with Crippen LogP contribution in [0.25, 0.3) is 0 Å². The minimum atomic E-state index is -3.82. The highest BCUT2D eigenvalue weighted by Crippen LogP contribution is 2.39. The van der Waals surface area contributed by atoms with E-state index in [1.165, 1.54) is 42.5 Å². The minimum absolute atomic E-state index is 0.0170. The van der Waals surface area contributed by atoms with Gasteiger partial charge in [0.25, 0.3) is 0 Å². The first-order chi connectivity index (χ1) is 13.1. The van der Waals surface area contributed by atoms with Gasteiger partial charge in [0.2, 0.25) is 15.9 Å². The summed E-state index contributed by atoms with van der Waals surface area (Å²) in [5.41, 5.74) is 1.53. The average Bonchev–Trinajstić information content (AvgIpc) is 2.82. The third-order valence-corrected chi connectivity index (χ3v) is 7.51. The molecule has 0 aliphatic carbocycles. The van der Waals surface area contributed by atoms with E-state index in [0.717, 1.165) is 4.31 Å². The van der Waals surface area contributed by atoms with Crippen molar-refractivity contribution < 1.29 is 21.6 Å². The summed E-state index contributed by atoms with van der Waals surface area (Å²) in [4.78, 5) is 11.0. The summed E-state index contributed by atoms with van der Waals surface area (Å²) in [6.07, 6.45) is 0. The Kier molecular flexibility index (Phi) is 5.33. The van der Waals surface area contributed by atoms with Gasteiger partial charge in [-0.2, -0.15) is 8.42 Å². The number of nitrogens with one attached hydrogen (secondary N) is 2. The molecule has 0 bridgehead atoms. The van der Waals surface area contributed by atoms with Gasteiger partial charge < -0.3 is 5.32 Å². The van der Waals surface area contributed by atoms with Crippen LogP contribution in [0, 0.1) is 0 Å². The van der Waals surface area contributed by atoms with Gasteiger partial charge in [-0.15, -0.1) is 0 Å². The lowest BCUT2D eigenvalue weighted by atomic mass is 10.2. The molecule has 9 nitrogen and oxygen atoms in total. The minimum Gasteiger partial charge on any atom is -0.326 e. The number of nitrogens with zero attached hydrogens (tertiary/aromatic N) is 2. The maximum atomic E-state index is 12.5. The van der Waals surface area contributed by atoms with E-state index in [9.17, 15) is 21.6 Å². The third kappa shape index (κ3) is 3.81. The molecule has 150 valence electrons. The highest BCUT2D eigenvalue weighted by molar-refractivity contribution is 7.94. The highest BCUT2D eigenvalue weighted by atomic mass is 32.2. The van der Waals surface area contributed by atoms with Crippen LogP contribution in [-0.2, 0) is 25.0 Å². The molecule has 0 unspecified atom stereocenters. The Balaban J connectivity index is 1.70. The molecule has 0 fully saturated rings. The lowest BCUT2D eigenvalue weighted by Gasteiger charge is -2.19. The number of amides is 1. The fourth-order valence-corrected chi connectivity index (χ4v) is 5.30. The molecule has 1 aliphatic heterocycles. The molecule has 2 aromatic rings. The maximum absolute atomic E-state index is 12.5. The lowest BCUT2D eigenvalue weighted by molar-refractivity contribution is -0.114. The van der Waals surface area contributed by atoms with Crippen LogP contribution in [0.15, 0.2) is 53.4 Å². The van der Waals surface area contributed by atoms with E-state index >= 15 is 0 Å². The average molecular weight is 425 g/mol. The van der Waals surface area contributed by atoms with Crippen LogP contribution in [0.1, 0.15) is 6.92 Å². The first-order valence-electron chi connectivity index (χ1n) is 8.36. The molecule has 0 aromatic heterocycles. The van der Waals surface area contributed by atoms with Crippen LogP contribution < -0.4 is 18.6 Å². The number of anilines is 3. The zero-order valence-electron chi connectivity index (χ0n) is 15.3. The van der Waals surface area contributed by atoms with Gasteiger partial charge in [0.15, 0.2) is 0 Å². The fourth-order valence-electron chi connectivity index (χ4n) is 2.86. The Labute approximate surface area is 164 Å². The highest BCUT2D eigenvalue weighted by Gasteiger charge is 2.37. The number of benzene rings is 2. The van der Waals surface area contributed by atoms with Crippen molar-refractivity contribution >= 4 is 43.2 Å². The molecular weight excluding hydrogens is 404 g/mol. The normalized spacial score (nSPS) is 15.4. The van der Waals surface area contributed by atoms with Gasteiger partial charge in [0.05, 0.1) is 16.3 Å². The van der Waals surface area contributed by atoms with Crippen molar-refractivity contribution in [2.45, 2.75) is 11.8 Å². The van der Waals surface area contributed by atoms with Crippen LogP contribution in [0.3, 0.4) is 0 Å². The summed E-state index contributed by atoms with van der Waals surface area (Å²) in [6, 6.07) is 12.5. The lowest BCUT2D eigenvalue weighted by Crippen LogP contribution is -2.40. The van der Waals surface area contributed by atoms with Gasteiger partial charge in [-0.05, 0) is 36.4 Å². The van der Waals surface area contributed by atoms with Crippen LogP contribution in [0.5, 0.6) is 0 Å². The predicted octanol–water partition coefficient (Wildman–Crippen LogP) is 1.12. The smallest absolute Gasteiger partial charge is 0.326 e. The zero-order chi connectivity index (χ0) is 20.5. The molecular formula is C17H20N4O5S2. The molecule has 0 atom stereocenters. The van der Waals surface area contributed by atoms with Gasteiger partial charge in [-0.25, -0.2) is 17.4 Å². The number of para-hydroxylation sites is 2. The summed E-state index contributed by atoms with van der Waals surface area (Å²) in [5.74, 6) is -0.259. The van der Waals surface area contributed by atoms with Gasteiger partial charge >= 0.3 is 10.2 Å². The zero-order valence-corrected chi connectivity index (χ0v) is 16.9. The van der Waals surface area contributed by atoms with E-state index in [0.29, 0.717) is 17.1 Å². The molecule has 0 radical (unpaired) electrons. The molecule has 0 spiro atoms. The number of sulfonamides is 1. The van der Waals surface area contributed by atoms with Gasteiger partial charge in [-0.3, -0.25) is 9.10 Å². The Bertz CT molecular complexity index is 1100. The van der Waals surface area contributed by atoms with Crippen molar-refractivity contribution in [2.75, 3.05) is 34.1 Å². The van der Waals surface area contributed by atoms with Crippen molar-refractivity contribution in [3.8, 4) is 0 Å². The van der Waals surface area contributed by atoms with Gasteiger partial charge in [0, 0.05) is 32.7 Å². The van der Waals surface area contributed by atoms with E-state index in [4.69, 9.17) is 0 Å². The fraction of sp³-hybridized carbons (Fsp3) is 0.235. The number of hydrogen-bond donors (Lipinski definition) is 2. The number of rotatable bonds is 6. The first kappa shape index (κ1) is 20.1. The van der Waals surface area contributed by atoms with Crippen molar-refractivity contribution in [1.82, 2.24) is 4.72 Å². The summed E-state index contributed by atoms with van der Waals surface area (Å²) in [6.45, 7) is 1.21. The van der Waals surface area contributed by atoms with E-state index in [2.05, 4.69) is 10.0 Å². The quantitative estimate of drug-likeness (QED) is 0.721. The third-order valence-electron chi connectivity index (χ3n) is 4.21. The van der Waals surface area contributed by atoms with E-state index in [-0.39, 0.29) is 23.9 Å². The standard InChI is InChI=1S/C17H20N4O5S2/c1-13(22)19-14-7-9-15(10-8-14)27(23,24)18-11-12-21-17-6-4-3-5-16(17)20(2)28(21,25)26/h3-10,18H,11-12H2,1-2H3,(H,19,22). The summed E-state index contributed by atoms with van der Waals surface area (Å²) in [7, 11) is -6.10. The molecule has 0 saturated carbocycles. The number of fused-ring (bicyclic) bond motifs is 1. The van der Waals surface area contributed by atoms with Crippen molar-refractivity contribution in [2.24, 2.45) is 0 Å². The molecule has 0 saturated heterocycles. The monoisotopic (exact) mass is 424 g/mol. The van der Waals surface area contributed by atoms with Crippen molar-refractivity contribution in [1.29, 1.82) is 0 Å². The van der Waals surface area contributed by atoms with E-state index in [1.54, 1.807) is 24.3 Å². The summed E-state index contributed by atoms with van der Waals surface area (Å²) < 4.78 is 54.7. The Hall–Kier alpha value is -2.63.